The molecule has 0 aromatic heterocycles. The van der Waals surface area contributed by atoms with Gasteiger partial charge in [-0.3, -0.25) is 4.90 Å². The minimum absolute atomic E-state index is 0.289. The number of benzene rings is 3. The van der Waals surface area contributed by atoms with Gasteiger partial charge in [0.2, 0.25) is 0 Å². The van der Waals surface area contributed by atoms with Gasteiger partial charge in [-0.15, -0.1) is 0 Å². The lowest BCUT2D eigenvalue weighted by Crippen LogP contribution is -2.46. The maximum atomic E-state index is 11.4. The molecule has 3 aromatic rings. The summed E-state index contributed by atoms with van der Waals surface area (Å²) in [7, 11) is 2.18. The first-order valence-electron chi connectivity index (χ1n) is 10.6. The van der Waals surface area contributed by atoms with Crippen molar-refractivity contribution in [2.24, 2.45) is 0 Å². The van der Waals surface area contributed by atoms with E-state index in [1.807, 2.05) is 12.1 Å². The number of hydrogen-bond acceptors (Lipinski definition) is 2. The Hall–Kier alpha value is -2.42. The topological polar surface area (TPSA) is 23.5 Å². The molecule has 2 nitrogen and oxygen atoms in total. The third kappa shape index (κ3) is 4.77. The van der Waals surface area contributed by atoms with E-state index in [0.29, 0.717) is 6.42 Å². The van der Waals surface area contributed by atoms with Gasteiger partial charge in [0.25, 0.3) is 0 Å². The molecule has 1 N–H and O–H groups in total. The van der Waals surface area contributed by atoms with E-state index in [-0.39, 0.29) is 6.04 Å². The van der Waals surface area contributed by atoms with E-state index in [9.17, 15) is 5.11 Å². The van der Waals surface area contributed by atoms with Crippen LogP contribution < -0.4 is 0 Å². The number of nitrogens with zero attached hydrogens (tertiary/aromatic N) is 1. The summed E-state index contributed by atoms with van der Waals surface area (Å²) in [5.74, 6) is 0. The second-order valence-electron chi connectivity index (χ2n) is 8.08. The molecule has 2 heteroatoms. The lowest BCUT2D eigenvalue weighted by molar-refractivity contribution is 0.0728. The van der Waals surface area contributed by atoms with Crippen LogP contribution in [0.5, 0.6) is 0 Å². The molecule has 152 valence electrons. The van der Waals surface area contributed by atoms with E-state index >= 15 is 0 Å². The standard InChI is InChI=1S/C27H33NO/c1-4-26(29)27(24-16-10-6-11-17-24,25-18-12-7-13-19-25)20-22(2)28(3)21-23-14-8-5-9-15-23/h5-19,22,26,29H,4,20-21H2,1-3H3/t22-,26-/m0/s1. The highest BCUT2D eigenvalue weighted by molar-refractivity contribution is 5.41. The lowest BCUT2D eigenvalue weighted by atomic mass is 9.66. The molecule has 3 aromatic carbocycles. The molecule has 29 heavy (non-hydrogen) atoms. The Bertz CT molecular complexity index is 808. The Kier molecular flexibility index (Phi) is 7.24. The maximum Gasteiger partial charge on any atom is 0.0675 e. The SMILES string of the molecule is CC[C@H](O)C(C[C@H](C)N(C)Cc1ccccc1)(c1ccccc1)c1ccccc1. The number of hydrogen-bond donors (Lipinski definition) is 1. The van der Waals surface area contributed by atoms with Crippen LogP contribution in [-0.4, -0.2) is 29.2 Å². The summed E-state index contributed by atoms with van der Waals surface area (Å²) in [5.41, 5.74) is 3.23. The van der Waals surface area contributed by atoms with Gasteiger partial charge in [-0.25, -0.2) is 0 Å². The zero-order valence-electron chi connectivity index (χ0n) is 17.8. The van der Waals surface area contributed by atoms with Gasteiger partial charge in [-0.1, -0.05) is 97.9 Å². The fourth-order valence-electron chi connectivity index (χ4n) is 4.39. The molecule has 0 bridgehead atoms. The molecule has 3 rings (SSSR count). The summed E-state index contributed by atoms with van der Waals surface area (Å²) in [6, 6.07) is 31.9. The number of rotatable bonds is 9. The van der Waals surface area contributed by atoms with Crippen LogP contribution in [0.2, 0.25) is 0 Å². The highest BCUT2D eigenvalue weighted by Crippen LogP contribution is 2.42. The van der Waals surface area contributed by atoms with Gasteiger partial charge in [-0.05, 0) is 43.5 Å². The van der Waals surface area contributed by atoms with Crippen LogP contribution in [0.3, 0.4) is 0 Å². The van der Waals surface area contributed by atoms with E-state index in [1.165, 1.54) is 16.7 Å². The van der Waals surface area contributed by atoms with Crippen molar-refractivity contribution in [3.8, 4) is 0 Å². The first kappa shape index (κ1) is 21.3. The monoisotopic (exact) mass is 387 g/mol. The normalized spacial score (nSPS) is 14.0. The second kappa shape index (κ2) is 9.87. The third-order valence-corrected chi connectivity index (χ3v) is 6.18. The molecule has 2 atom stereocenters. The van der Waals surface area contributed by atoms with Crippen molar-refractivity contribution in [1.29, 1.82) is 0 Å². The van der Waals surface area contributed by atoms with Gasteiger partial charge in [0.1, 0.15) is 0 Å². The second-order valence-corrected chi connectivity index (χ2v) is 8.08. The van der Waals surface area contributed by atoms with E-state index in [2.05, 4.69) is 105 Å². The molecule has 0 saturated carbocycles. The molecule has 0 aliphatic carbocycles. The fraction of sp³-hybridized carbons (Fsp3) is 0.333. The van der Waals surface area contributed by atoms with Crippen LogP contribution in [0.15, 0.2) is 91.0 Å². The average molecular weight is 388 g/mol. The van der Waals surface area contributed by atoms with Crippen molar-refractivity contribution < 1.29 is 5.11 Å². The predicted octanol–water partition coefficient (Wildman–Crippen LogP) is 5.65. The Morgan fingerprint density at radius 1 is 0.793 bits per heavy atom. The van der Waals surface area contributed by atoms with Crippen LogP contribution in [-0.2, 0) is 12.0 Å². The Balaban J connectivity index is 1.98. The summed E-state index contributed by atoms with van der Waals surface area (Å²) in [6.07, 6.45) is 1.10. The smallest absolute Gasteiger partial charge is 0.0675 e. The van der Waals surface area contributed by atoms with Gasteiger partial charge in [0.05, 0.1) is 6.10 Å². The molecule has 0 fully saturated rings. The first-order valence-corrected chi connectivity index (χ1v) is 10.6. The maximum absolute atomic E-state index is 11.4. The van der Waals surface area contributed by atoms with Crippen LogP contribution in [0, 0.1) is 0 Å². The van der Waals surface area contributed by atoms with Crippen molar-refractivity contribution in [3.63, 3.8) is 0 Å². The molecular formula is C27H33NO. The molecule has 0 unspecified atom stereocenters. The third-order valence-electron chi connectivity index (χ3n) is 6.18. The van der Waals surface area contributed by atoms with Gasteiger partial charge in [0, 0.05) is 18.0 Å². The first-order chi connectivity index (χ1) is 14.1. The van der Waals surface area contributed by atoms with Crippen LogP contribution >= 0.6 is 0 Å². The minimum atomic E-state index is -0.458. The Morgan fingerprint density at radius 3 is 1.69 bits per heavy atom. The van der Waals surface area contributed by atoms with Crippen LogP contribution in [0.1, 0.15) is 43.4 Å². The Labute approximate surface area is 175 Å². The van der Waals surface area contributed by atoms with Gasteiger partial charge < -0.3 is 5.11 Å². The Morgan fingerprint density at radius 2 is 1.24 bits per heavy atom. The average Bonchev–Trinajstić information content (AvgIpc) is 2.78. The predicted molar refractivity (Wildman–Crippen MR) is 122 cm³/mol. The van der Waals surface area contributed by atoms with Crippen molar-refractivity contribution in [2.75, 3.05) is 7.05 Å². The van der Waals surface area contributed by atoms with E-state index in [1.54, 1.807) is 0 Å². The van der Waals surface area contributed by atoms with Crippen molar-refractivity contribution in [1.82, 2.24) is 4.90 Å². The molecule has 0 aliphatic rings. The molecule has 0 saturated heterocycles. The van der Waals surface area contributed by atoms with E-state index in [4.69, 9.17) is 0 Å². The minimum Gasteiger partial charge on any atom is -0.392 e. The molecule has 0 radical (unpaired) electrons. The highest BCUT2D eigenvalue weighted by Gasteiger charge is 2.42. The number of aliphatic hydroxyl groups excluding tert-OH is 1. The summed E-state index contributed by atoms with van der Waals surface area (Å²) >= 11 is 0. The molecule has 0 aliphatic heterocycles. The van der Waals surface area contributed by atoms with Crippen molar-refractivity contribution >= 4 is 0 Å². The zero-order valence-corrected chi connectivity index (χ0v) is 17.8. The summed E-state index contributed by atoms with van der Waals surface area (Å²) in [6.45, 7) is 5.24. The lowest BCUT2D eigenvalue weighted by Gasteiger charge is -2.43. The van der Waals surface area contributed by atoms with Crippen LogP contribution in [0.25, 0.3) is 0 Å². The fourth-order valence-corrected chi connectivity index (χ4v) is 4.39. The zero-order chi connectivity index (χ0) is 20.7. The van der Waals surface area contributed by atoms with Crippen molar-refractivity contribution in [2.45, 2.75) is 50.8 Å². The number of aliphatic hydroxyl groups is 1. The molecule has 0 amide bonds. The summed E-state index contributed by atoms with van der Waals surface area (Å²) in [4.78, 5) is 2.39. The molecular weight excluding hydrogens is 354 g/mol. The highest BCUT2D eigenvalue weighted by atomic mass is 16.3. The van der Waals surface area contributed by atoms with Crippen LogP contribution in [0.4, 0.5) is 0 Å². The van der Waals surface area contributed by atoms with E-state index < -0.39 is 11.5 Å². The summed E-state index contributed by atoms with van der Waals surface area (Å²) in [5, 5.41) is 11.4. The van der Waals surface area contributed by atoms with Gasteiger partial charge in [0.15, 0.2) is 0 Å². The summed E-state index contributed by atoms with van der Waals surface area (Å²) < 4.78 is 0. The van der Waals surface area contributed by atoms with Crippen molar-refractivity contribution in [3.05, 3.63) is 108 Å². The van der Waals surface area contributed by atoms with Gasteiger partial charge >= 0.3 is 0 Å². The quantitative estimate of drug-likeness (QED) is 0.512. The van der Waals surface area contributed by atoms with E-state index in [0.717, 1.165) is 13.0 Å². The molecule has 0 heterocycles. The van der Waals surface area contributed by atoms with Gasteiger partial charge in [-0.2, -0.15) is 0 Å². The molecule has 0 spiro atoms. The largest absolute Gasteiger partial charge is 0.392 e.